The Morgan fingerprint density at radius 1 is 1.25 bits per heavy atom. The Bertz CT molecular complexity index is 311. The Morgan fingerprint density at radius 2 is 1.94 bits per heavy atom. The van der Waals surface area contributed by atoms with Crippen LogP contribution in [0.15, 0.2) is 29.2 Å². The van der Waals surface area contributed by atoms with Crippen LogP contribution in [0.2, 0.25) is 0 Å². The molecule has 1 rings (SSSR count). The summed E-state index contributed by atoms with van der Waals surface area (Å²) in [6, 6.07) is 9.14. The van der Waals surface area contributed by atoms with Crippen molar-refractivity contribution in [3.63, 3.8) is 0 Å². The van der Waals surface area contributed by atoms with Gasteiger partial charge in [0.2, 0.25) is 0 Å². The van der Waals surface area contributed by atoms with Crippen LogP contribution in [0.1, 0.15) is 38.8 Å². The van der Waals surface area contributed by atoms with Gasteiger partial charge >= 0.3 is 0 Å². The van der Waals surface area contributed by atoms with Gasteiger partial charge in [-0.1, -0.05) is 38.5 Å². The van der Waals surface area contributed by atoms with Crippen LogP contribution in [0, 0.1) is 5.92 Å². The van der Waals surface area contributed by atoms with Crippen molar-refractivity contribution in [2.75, 3.05) is 12.8 Å². The van der Waals surface area contributed by atoms with E-state index in [1.54, 1.807) is 0 Å². The van der Waals surface area contributed by atoms with E-state index in [2.05, 4.69) is 50.4 Å². The molecular weight excluding hydrogens is 214 g/mol. The molecule has 0 radical (unpaired) electrons. The molecule has 1 aromatic carbocycles. The van der Waals surface area contributed by atoms with Crippen molar-refractivity contribution in [3.05, 3.63) is 29.8 Å². The number of hydrogen-bond acceptors (Lipinski definition) is 2. The lowest BCUT2D eigenvalue weighted by Gasteiger charge is -2.16. The molecule has 2 unspecified atom stereocenters. The Balaban J connectivity index is 2.71. The highest BCUT2D eigenvalue weighted by Gasteiger charge is 2.09. The molecule has 1 nitrogen and oxygen atoms in total. The first-order valence-electron chi connectivity index (χ1n) is 6.08. The van der Waals surface area contributed by atoms with Crippen molar-refractivity contribution in [2.45, 2.75) is 38.1 Å². The van der Waals surface area contributed by atoms with Crippen molar-refractivity contribution < 1.29 is 0 Å². The number of nitrogens with one attached hydrogen (secondary N) is 1. The average molecular weight is 237 g/mol. The van der Waals surface area contributed by atoms with Gasteiger partial charge in [-0.25, -0.2) is 0 Å². The Kier molecular flexibility index (Phi) is 5.93. The van der Waals surface area contributed by atoms with Gasteiger partial charge in [-0.15, -0.1) is 11.8 Å². The second-order valence-corrected chi connectivity index (χ2v) is 5.43. The Labute approximate surface area is 104 Å². The zero-order valence-electron chi connectivity index (χ0n) is 10.8. The predicted octanol–water partition coefficient (Wildman–Crippen LogP) is 4.11. The molecule has 1 N–H and O–H groups in total. The fourth-order valence-corrected chi connectivity index (χ4v) is 2.76. The van der Waals surface area contributed by atoms with E-state index < -0.39 is 0 Å². The molecule has 0 saturated carbocycles. The Hall–Kier alpha value is -0.470. The highest BCUT2D eigenvalue weighted by molar-refractivity contribution is 7.99. The fraction of sp³-hybridized carbons (Fsp3) is 0.571. The largest absolute Gasteiger partial charge is 0.313 e. The van der Waals surface area contributed by atoms with Crippen molar-refractivity contribution in [3.8, 4) is 0 Å². The van der Waals surface area contributed by atoms with E-state index >= 15 is 0 Å². The van der Waals surface area contributed by atoms with Gasteiger partial charge in [-0.2, -0.15) is 0 Å². The summed E-state index contributed by atoms with van der Waals surface area (Å²) in [4.78, 5) is 1.42. The zero-order chi connectivity index (χ0) is 12.0. The molecule has 0 aliphatic heterocycles. The molecule has 2 atom stereocenters. The van der Waals surface area contributed by atoms with E-state index in [0.717, 1.165) is 5.92 Å². The standard InChI is InChI=1S/C14H23NS/c1-5-11(2)10-16-14-9-7-6-8-13(14)12(3)15-4/h6-9,11-12,15H,5,10H2,1-4H3. The van der Waals surface area contributed by atoms with Crippen molar-refractivity contribution in [1.82, 2.24) is 5.32 Å². The fourth-order valence-electron chi connectivity index (χ4n) is 1.48. The molecule has 2 heteroatoms. The first kappa shape index (κ1) is 13.6. The van der Waals surface area contributed by atoms with Crippen molar-refractivity contribution >= 4 is 11.8 Å². The SMILES string of the molecule is CCC(C)CSc1ccccc1C(C)NC. The van der Waals surface area contributed by atoms with Gasteiger partial charge in [0.25, 0.3) is 0 Å². The normalized spacial score (nSPS) is 14.8. The zero-order valence-corrected chi connectivity index (χ0v) is 11.6. The molecule has 0 heterocycles. The van der Waals surface area contributed by atoms with E-state index in [9.17, 15) is 0 Å². The summed E-state index contributed by atoms with van der Waals surface area (Å²) in [5.74, 6) is 2.01. The van der Waals surface area contributed by atoms with Crippen LogP contribution in [-0.4, -0.2) is 12.8 Å². The predicted molar refractivity (Wildman–Crippen MR) is 74.1 cm³/mol. The molecular formula is C14H23NS. The Morgan fingerprint density at radius 3 is 2.56 bits per heavy atom. The first-order valence-corrected chi connectivity index (χ1v) is 7.06. The molecule has 0 bridgehead atoms. The highest BCUT2D eigenvalue weighted by atomic mass is 32.2. The van der Waals surface area contributed by atoms with Crippen LogP contribution < -0.4 is 5.32 Å². The smallest absolute Gasteiger partial charge is 0.0300 e. The van der Waals surface area contributed by atoms with Crippen molar-refractivity contribution in [2.24, 2.45) is 5.92 Å². The van der Waals surface area contributed by atoms with E-state index in [-0.39, 0.29) is 0 Å². The number of hydrogen-bond donors (Lipinski definition) is 1. The molecule has 16 heavy (non-hydrogen) atoms. The maximum Gasteiger partial charge on any atom is 0.0300 e. The number of thioether (sulfide) groups is 1. The van der Waals surface area contributed by atoms with Gasteiger partial charge in [-0.3, -0.25) is 0 Å². The van der Waals surface area contributed by atoms with Gasteiger partial charge in [0, 0.05) is 16.7 Å². The lowest BCUT2D eigenvalue weighted by atomic mass is 10.1. The van der Waals surface area contributed by atoms with Gasteiger partial charge in [-0.05, 0) is 31.5 Å². The molecule has 1 aromatic rings. The van der Waals surface area contributed by atoms with E-state index in [4.69, 9.17) is 0 Å². The minimum absolute atomic E-state index is 0.431. The van der Waals surface area contributed by atoms with E-state index in [0.29, 0.717) is 6.04 Å². The summed E-state index contributed by atoms with van der Waals surface area (Å²) in [6.45, 7) is 6.78. The third kappa shape index (κ3) is 3.84. The van der Waals surface area contributed by atoms with Gasteiger partial charge < -0.3 is 5.32 Å². The first-order chi connectivity index (χ1) is 7.69. The maximum atomic E-state index is 3.31. The molecule has 0 aromatic heterocycles. The maximum absolute atomic E-state index is 3.31. The lowest BCUT2D eigenvalue weighted by Crippen LogP contribution is -2.13. The van der Waals surface area contributed by atoms with Crippen LogP contribution in [-0.2, 0) is 0 Å². The minimum atomic E-state index is 0.431. The monoisotopic (exact) mass is 237 g/mol. The summed E-state index contributed by atoms with van der Waals surface area (Å²) >= 11 is 1.98. The molecule has 90 valence electrons. The summed E-state index contributed by atoms with van der Waals surface area (Å²) in [6.07, 6.45) is 1.26. The van der Waals surface area contributed by atoms with Crippen LogP contribution >= 0.6 is 11.8 Å². The molecule has 0 aliphatic rings. The third-order valence-electron chi connectivity index (χ3n) is 3.04. The second-order valence-electron chi connectivity index (χ2n) is 4.37. The minimum Gasteiger partial charge on any atom is -0.313 e. The van der Waals surface area contributed by atoms with Gasteiger partial charge in [0.05, 0.1) is 0 Å². The lowest BCUT2D eigenvalue weighted by molar-refractivity contribution is 0.632. The van der Waals surface area contributed by atoms with E-state index in [1.165, 1.54) is 22.6 Å². The highest BCUT2D eigenvalue weighted by Crippen LogP contribution is 2.29. The quantitative estimate of drug-likeness (QED) is 0.747. The molecule has 0 saturated heterocycles. The summed E-state index contributed by atoms with van der Waals surface area (Å²) in [7, 11) is 2.01. The summed E-state index contributed by atoms with van der Waals surface area (Å²) in [5, 5.41) is 3.31. The van der Waals surface area contributed by atoms with Crippen LogP contribution in [0.4, 0.5) is 0 Å². The molecule has 0 spiro atoms. The number of rotatable bonds is 6. The van der Waals surface area contributed by atoms with E-state index in [1.807, 2.05) is 18.8 Å². The van der Waals surface area contributed by atoms with Crippen LogP contribution in [0.25, 0.3) is 0 Å². The molecule has 0 fully saturated rings. The van der Waals surface area contributed by atoms with Crippen molar-refractivity contribution in [1.29, 1.82) is 0 Å². The molecule has 0 amide bonds. The number of benzene rings is 1. The summed E-state index contributed by atoms with van der Waals surface area (Å²) in [5.41, 5.74) is 1.42. The summed E-state index contributed by atoms with van der Waals surface area (Å²) < 4.78 is 0. The van der Waals surface area contributed by atoms with Crippen LogP contribution in [0.5, 0.6) is 0 Å². The average Bonchev–Trinajstić information content (AvgIpc) is 2.35. The second kappa shape index (κ2) is 6.97. The van der Waals surface area contributed by atoms with Gasteiger partial charge in [0.1, 0.15) is 0 Å². The molecule has 0 aliphatic carbocycles. The van der Waals surface area contributed by atoms with Gasteiger partial charge in [0.15, 0.2) is 0 Å². The van der Waals surface area contributed by atoms with Crippen LogP contribution in [0.3, 0.4) is 0 Å². The third-order valence-corrected chi connectivity index (χ3v) is 4.46. The topological polar surface area (TPSA) is 12.0 Å².